The molecule has 21 heavy (non-hydrogen) atoms. The molecule has 5 heteroatoms. The summed E-state index contributed by atoms with van der Waals surface area (Å²) in [5.41, 5.74) is 2.24. The highest BCUT2D eigenvalue weighted by molar-refractivity contribution is 6.13. The standard InChI is InChI=1S/C16H13N3O2/c20-15-11-19(14-4-2-1-3-13(14)18-15)16(21)6-5-12-7-9-17-10-8-12/h1-10H,11H2,(H,18,20)/b6-5+. The molecule has 2 heterocycles. The molecule has 2 aromatic rings. The molecule has 0 aliphatic carbocycles. The SMILES string of the molecule is O=C1CN(C(=O)/C=C/c2ccncc2)c2ccccc2N1. The molecule has 0 radical (unpaired) electrons. The number of amides is 2. The van der Waals surface area contributed by atoms with E-state index in [1.54, 1.807) is 36.7 Å². The summed E-state index contributed by atoms with van der Waals surface area (Å²) in [4.78, 5) is 29.4. The summed E-state index contributed by atoms with van der Waals surface area (Å²) in [6, 6.07) is 10.9. The van der Waals surface area contributed by atoms with Gasteiger partial charge in [-0.1, -0.05) is 12.1 Å². The maximum Gasteiger partial charge on any atom is 0.251 e. The predicted molar refractivity (Wildman–Crippen MR) is 80.7 cm³/mol. The van der Waals surface area contributed by atoms with Gasteiger partial charge in [0.15, 0.2) is 0 Å². The van der Waals surface area contributed by atoms with Crippen LogP contribution in [0.15, 0.2) is 54.9 Å². The van der Waals surface area contributed by atoms with Crippen LogP contribution in [0.5, 0.6) is 0 Å². The number of hydrogen-bond acceptors (Lipinski definition) is 3. The van der Waals surface area contributed by atoms with Crippen molar-refractivity contribution in [2.75, 3.05) is 16.8 Å². The zero-order valence-electron chi connectivity index (χ0n) is 11.2. The summed E-state index contributed by atoms with van der Waals surface area (Å²) < 4.78 is 0. The van der Waals surface area contributed by atoms with Crippen molar-refractivity contribution in [3.8, 4) is 0 Å². The number of nitrogens with one attached hydrogen (secondary N) is 1. The zero-order valence-corrected chi connectivity index (χ0v) is 11.2. The van der Waals surface area contributed by atoms with Crippen LogP contribution in [0.2, 0.25) is 0 Å². The maximum absolute atomic E-state index is 12.3. The first-order valence-corrected chi connectivity index (χ1v) is 6.52. The van der Waals surface area contributed by atoms with Crippen LogP contribution >= 0.6 is 0 Å². The van der Waals surface area contributed by atoms with Gasteiger partial charge in [-0.05, 0) is 35.9 Å². The molecule has 1 N–H and O–H groups in total. The molecular formula is C16H13N3O2. The molecule has 0 unspecified atom stereocenters. The lowest BCUT2D eigenvalue weighted by Gasteiger charge is -2.28. The molecule has 1 aliphatic rings. The Bertz CT molecular complexity index is 710. The third-order valence-electron chi connectivity index (χ3n) is 3.16. The fraction of sp³-hybridized carbons (Fsp3) is 0.0625. The van der Waals surface area contributed by atoms with Crippen molar-refractivity contribution in [3.05, 3.63) is 60.4 Å². The van der Waals surface area contributed by atoms with Gasteiger partial charge in [-0.15, -0.1) is 0 Å². The van der Waals surface area contributed by atoms with Crippen LogP contribution in [-0.4, -0.2) is 23.3 Å². The van der Waals surface area contributed by atoms with Gasteiger partial charge in [0.05, 0.1) is 11.4 Å². The summed E-state index contributed by atoms with van der Waals surface area (Å²) in [6.45, 7) is 0.0243. The first kappa shape index (κ1) is 13.1. The molecule has 0 bridgehead atoms. The molecule has 1 aromatic heterocycles. The molecule has 1 aliphatic heterocycles. The molecule has 104 valence electrons. The van der Waals surface area contributed by atoms with Gasteiger partial charge in [-0.2, -0.15) is 0 Å². The fourth-order valence-electron chi connectivity index (χ4n) is 2.16. The van der Waals surface area contributed by atoms with Gasteiger partial charge >= 0.3 is 0 Å². The summed E-state index contributed by atoms with van der Waals surface area (Å²) in [7, 11) is 0. The van der Waals surface area contributed by atoms with E-state index < -0.39 is 0 Å². The van der Waals surface area contributed by atoms with Crippen molar-refractivity contribution in [2.45, 2.75) is 0 Å². The molecule has 1 aromatic carbocycles. The van der Waals surface area contributed by atoms with Crippen molar-refractivity contribution in [1.82, 2.24) is 4.98 Å². The van der Waals surface area contributed by atoms with Crippen LogP contribution < -0.4 is 10.2 Å². The average Bonchev–Trinajstić information content (AvgIpc) is 2.52. The second-order valence-electron chi connectivity index (χ2n) is 4.60. The number of anilines is 2. The third-order valence-corrected chi connectivity index (χ3v) is 3.16. The molecule has 3 rings (SSSR count). The van der Waals surface area contributed by atoms with Crippen molar-refractivity contribution >= 4 is 29.3 Å². The number of pyridine rings is 1. The van der Waals surface area contributed by atoms with Gasteiger partial charge in [0.2, 0.25) is 5.91 Å². The molecular weight excluding hydrogens is 266 g/mol. The molecule has 0 saturated heterocycles. The first-order chi connectivity index (χ1) is 10.2. The Morgan fingerprint density at radius 3 is 2.76 bits per heavy atom. The van der Waals surface area contributed by atoms with Gasteiger partial charge in [0.1, 0.15) is 6.54 Å². The van der Waals surface area contributed by atoms with Crippen molar-refractivity contribution < 1.29 is 9.59 Å². The van der Waals surface area contributed by atoms with Crippen molar-refractivity contribution in [1.29, 1.82) is 0 Å². The lowest BCUT2D eigenvalue weighted by atomic mass is 10.2. The molecule has 0 fully saturated rings. The molecule has 0 atom stereocenters. The number of fused-ring (bicyclic) bond motifs is 1. The lowest BCUT2D eigenvalue weighted by Crippen LogP contribution is -2.41. The number of aromatic nitrogens is 1. The topological polar surface area (TPSA) is 62.3 Å². The third kappa shape index (κ3) is 2.81. The van der Waals surface area contributed by atoms with E-state index >= 15 is 0 Å². The van der Waals surface area contributed by atoms with Gasteiger partial charge < -0.3 is 5.32 Å². The molecule has 5 nitrogen and oxygen atoms in total. The number of nitrogens with zero attached hydrogens (tertiary/aromatic N) is 2. The van der Waals surface area contributed by atoms with Crippen LogP contribution in [0.3, 0.4) is 0 Å². The number of benzene rings is 1. The van der Waals surface area contributed by atoms with Crippen molar-refractivity contribution in [2.24, 2.45) is 0 Å². The zero-order chi connectivity index (χ0) is 14.7. The van der Waals surface area contributed by atoms with E-state index in [2.05, 4.69) is 10.3 Å². The largest absolute Gasteiger partial charge is 0.323 e. The van der Waals surface area contributed by atoms with Gasteiger partial charge in [0.25, 0.3) is 5.91 Å². The summed E-state index contributed by atoms with van der Waals surface area (Å²) in [5, 5.41) is 2.75. The van der Waals surface area contributed by atoms with Crippen LogP contribution in [0.1, 0.15) is 5.56 Å². The number of hydrogen-bond donors (Lipinski definition) is 1. The Balaban J connectivity index is 1.85. The van der Waals surface area contributed by atoms with E-state index in [4.69, 9.17) is 0 Å². The van der Waals surface area contributed by atoms with Gasteiger partial charge in [-0.25, -0.2) is 0 Å². The van der Waals surface area contributed by atoms with Gasteiger partial charge in [0, 0.05) is 18.5 Å². The number of carbonyl (C=O) groups excluding carboxylic acids is 2. The predicted octanol–water partition coefficient (Wildman–Crippen LogP) is 2.08. The Morgan fingerprint density at radius 1 is 1.19 bits per heavy atom. The molecule has 0 saturated carbocycles. The van der Waals surface area contributed by atoms with Crippen LogP contribution in [-0.2, 0) is 9.59 Å². The van der Waals surface area contributed by atoms with E-state index in [0.29, 0.717) is 11.4 Å². The molecule has 0 spiro atoms. The highest BCUT2D eigenvalue weighted by atomic mass is 16.2. The number of para-hydroxylation sites is 2. The quantitative estimate of drug-likeness (QED) is 0.856. The Hall–Kier alpha value is -2.95. The van der Waals surface area contributed by atoms with Crippen LogP contribution in [0, 0.1) is 0 Å². The number of carbonyl (C=O) groups is 2. The van der Waals surface area contributed by atoms with E-state index in [0.717, 1.165) is 5.56 Å². The minimum Gasteiger partial charge on any atom is -0.323 e. The monoisotopic (exact) mass is 279 g/mol. The Labute approximate surface area is 121 Å². The fourth-order valence-corrected chi connectivity index (χ4v) is 2.16. The summed E-state index contributed by atoms with van der Waals surface area (Å²) >= 11 is 0. The van der Waals surface area contributed by atoms with Crippen LogP contribution in [0.4, 0.5) is 11.4 Å². The number of rotatable bonds is 2. The minimum absolute atomic E-state index is 0.0243. The van der Waals surface area contributed by atoms with E-state index in [9.17, 15) is 9.59 Å². The smallest absolute Gasteiger partial charge is 0.251 e. The van der Waals surface area contributed by atoms with E-state index in [-0.39, 0.29) is 18.4 Å². The maximum atomic E-state index is 12.3. The Kier molecular flexibility index (Phi) is 3.47. The lowest BCUT2D eigenvalue weighted by molar-refractivity contribution is -0.119. The second-order valence-corrected chi connectivity index (χ2v) is 4.60. The minimum atomic E-state index is -0.228. The highest BCUT2D eigenvalue weighted by Gasteiger charge is 2.24. The van der Waals surface area contributed by atoms with E-state index in [1.165, 1.54) is 11.0 Å². The Morgan fingerprint density at radius 2 is 1.95 bits per heavy atom. The molecule has 2 amide bonds. The highest BCUT2D eigenvalue weighted by Crippen LogP contribution is 2.28. The normalized spacial score (nSPS) is 13.9. The average molecular weight is 279 g/mol. The summed E-state index contributed by atoms with van der Waals surface area (Å²) in [5.74, 6) is -0.423. The second kappa shape index (κ2) is 5.58. The summed E-state index contributed by atoms with van der Waals surface area (Å²) in [6.07, 6.45) is 6.49. The van der Waals surface area contributed by atoms with E-state index in [1.807, 2.05) is 18.2 Å². The van der Waals surface area contributed by atoms with Gasteiger partial charge in [-0.3, -0.25) is 19.5 Å². The first-order valence-electron chi connectivity index (χ1n) is 6.52. The van der Waals surface area contributed by atoms with Crippen LogP contribution in [0.25, 0.3) is 6.08 Å². The van der Waals surface area contributed by atoms with Crippen molar-refractivity contribution in [3.63, 3.8) is 0 Å².